The Hall–Kier alpha value is -2.34. The van der Waals surface area contributed by atoms with E-state index in [2.05, 4.69) is 20.5 Å². The molecule has 2 rings (SSSR count). The Morgan fingerprint density at radius 2 is 2.14 bits per heavy atom. The Morgan fingerprint density at radius 3 is 2.90 bits per heavy atom. The maximum Gasteiger partial charge on any atom is 0.256 e. The van der Waals surface area contributed by atoms with Crippen LogP contribution in [0.3, 0.4) is 0 Å². The van der Waals surface area contributed by atoms with Crippen molar-refractivity contribution in [3.63, 3.8) is 0 Å². The predicted molar refractivity (Wildman–Crippen MR) is 82.7 cm³/mol. The van der Waals surface area contributed by atoms with Gasteiger partial charge in [-0.1, -0.05) is 26.0 Å². The van der Waals surface area contributed by atoms with Crippen molar-refractivity contribution in [1.29, 1.82) is 0 Å². The number of hydrogen-bond acceptors (Lipinski definition) is 5. The first kappa shape index (κ1) is 15.1. The van der Waals surface area contributed by atoms with E-state index in [0.29, 0.717) is 12.3 Å². The van der Waals surface area contributed by atoms with E-state index in [4.69, 9.17) is 5.73 Å². The van der Waals surface area contributed by atoms with Crippen LogP contribution in [0.4, 0.5) is 0 Å². The summed E-state index contributed by atoms with van der Waals surface area (Å²) in [6, 6.07) is 5.05. The highest BCUT2D eigenvalue weighted by Gasteiger charge is 2.13. The van der Waals surface area contributed by atoms with E-state index in [-0.39, 0.29) is 5.91 Å². The van der Waals surface area contributed by atoms with Gasteiger partial charge in [-0.3, -0.25) is 14.8 Å². The molecule has 0 saturated heterocycles. The molecular formula is C15H19N5O. The lowest BCUT2D eigenvalue weighted by Gasteiger charge is -2.11. The van der Waals surface area contributed by atoms with Crippen LogP contribution in [0.15, 0.2) is 35.7 Å². The first-order valence-electron chi connectivity index (χ1n) is 6.86. The number of para-hydroxylation sites is 1. The molecule has 1 aromatic carbocycles. The van der Waals surface area contributed by atoms with Crippen LogP contribution in [-0.4, -0.2) is 28.1 Å². The number of carbonyl (C=O) groups excluding carboxylic acids is 1. The fourth-order valence-electron chi connectivity index (χ4n) is 1.98. The molecule has 6 heteroatoms. The van der Waals surface area contributed by atoms with Gasteiger partial charge < -0.3 is 5.73 Å². The van der Waals surface area contributed by atoms with Crippen molar-refractivity contribution in [3.8, 4) is 0 Å². The first-order chi connectivity index (χ1) is 10.1. The van der Waals surface area contributed by atoms with Gasteiger partial charge in [-0.05, 0) is 18.4 Å². The van der Waals surface area contributed by atoms with Gasteiger partial charge in [-0.2, -0.15) is 5.10 Å². The molecule has 6 nitrogen and oxygen atoms in total. The lowest BCUT2D eigenvalue weighted by atomic mass is 10.0. The second-order valence-electron chi connectivity index (χ2n) is 5.24. The second kappa shape index (κ2) is 6.90. The number of carbonyl (C=O) groups is 1. The molecule has 1 unspecified atom stereocenters. The molecule has 0 saturated carbocycles. The average molecular weight is 285 g/mol. The van der Waals surface area contributed by atoms with Crippen LogP contribution in [0.1, 0.15) is 25.8 Å². The van der Waals surface area contributed by atoms with Crippen LogP contribution in [0, 0.1) is 5.92 Å². The van der Waals surface area contributed by atoms with Gasteiger partial charge in [0.1, 0.15) is 0 Å². The fraction of sp³-hybridized carbons (Fsp3) is 0.333. The van der Waals surface area contributed by atoms with Gasteiger partial charge in [0.15, 0.2) is 0 Å². The molecule has 0 aliphatic carbocycles. The summed E-state index contributed by atoms with van der Waals surface area (Å²) in [6.07, 6.45) is 5.44. The average Bonchev–Trinajstić information content (AvgIpc) is 2.46. The fourth-order valence-corrected chi connectivity index (χ4v) is 1.98. The molecule has 21 heavy (non-hydrogen) atoms. The van der Waals surface area contributed by atoms with E-state index in [1.54, 1.807) is 18.6 Å². The molecule has 0 radical (unpaired) electrons. The molecule has 1 atom stereocenters. The van der Waals surface area contributed by atoms with Gasteiger partial charge in [-0.25, -0.2) is 5.43 Å². The number of benzene rings is 1. The maximum atomic E-state index is 11.8. The Balaban J connectivity index is 2.05. The summed E-state index contributed by atoms with van der Waals surface area (Å²) in [5.41, 5.74) is 10.6. The molecule has 1 heterocycles. The van der Waals surface area contributed by atoms with Crippen LogP contribution >= 0.6 is 0 Å². The third-order valence-corrected chi connectivity index (χ3v) is 2.97. The third kappa shape index (κ3) is 4.06. The minimum atomic E-state index is -0.547. The molecule has 0 spiro atoms. The van der Waals surface area contributed by atoms with E-state index in [0.717, 1.165) is 16.6 Å². The van der Waals surface area contributed by atoms with Crippen molar-refractivity contribution in [2.45, 2.75) is 26.3 Å². The molecule has 0 aliphatic heterocycles. The number of nitrogens with two attached hydrogens (primary N) is 1. The van der Waals surface area contributed by atoms with Crippen molar-refractivity contribution < 1.29 is 4.79 Å². The van der Waals surface area contributed by atoms with Crippen molar-refractivity contribution in [1.82, 2.24) is 15.4 Å². The number of rotatable bonds is 5. The monoisotopic (exact) mass is 285 g/mol. The number of aromatic nitrogens is 2. The molecule has 1 aromatic heterocycles. The summed E-state index contributed by atoms with van der Waals surface area (Å²) in [7, 11) is 0. The summed E-state index contributed by atoms with van der Waals surface area (Å²) in [6.45, 7) is 4.04. The van der Waals surface area contributed by atoms with Crippen molar-refractivity contribution in [2.24, 2.45) is 16.8 Å². The minimum Gasteiger partial charge on any atom is -0.320 e. The Kier molecular flexibility index (Phi) is 4.94. The molecule has 0 bridgehead atoms. The molecule has 3 N–H and O–H groups in total. The number of hydrogen-bond donors (Lipinski definition) is 2. The van der Waals surface area contributed by atoms with Gasteiger partial charge >= 0.3 is 0 Å². The van der Waals surface area contributed by atoms with Crippen LogP contribution in [0.5, 0.6) is 0 Å². The normalized spacial score (nSPS) is 13.0. The summed E-state index contributed by atoms with van der Waals surface area (Å²) in [5.74, 6) is 0.0781. The smallest absolute Gasteiger partial charge is 0.256 e. The van der Waals surface area contributed by atoms with Crippen LogP contribution in [0.2, 0.25) is 0 Å². The number of nitrogens with one attached hydrogen (secondary N) is 1. The third-order valence-electron chi connectivity index (χ3n) is 2.97. The van der Waals surface area contributed by atoms with Gasteiger partial charge in [0.05, 0.1) is 23.3 Å². The van der Waals surface area contributed by atoms with Gasteiger partial charge in [0.2, 0.25) is 0 Å². The number of nitrogens with zero attached hydrogens (tertiary/aromatic N) is 3. The molecule has 0 aliphatic rings. The second-order valence-corrected chi connectivity index (χ2v) is 5.24. The summed E-state index contributed by atoms with van der Waals surface area (Å²) in [4.78, 5) is 20.2. The highest BCUT2D eigenvalue weighted by atomic mass is 16.2. The van der Waals surface area contributed by atoms with E-state index < -0.39 is 6.04 Å². The van der Waals surface area contributed by atoms with Crippen molar-refractivity contribution in [3.05, 3.63) is 36.2 Å². The molecule has 1 amide bonds. The van der Waals surface area contributed by atoms with Crippen molar-refractivity contribution in [2.75, 3.05) is 0 Å². The molecular weight excluding hydrogens is 266 g/mol. The lowest BCUT2D eigenvalue weighted by Crippen LogP contribution is -2.39. The van der Waals surface area contributed by atoms with E-state index in [9.17, 15) is 4.79 Å². The Morgan fingerprint density at radius 1 is 1.38 bits per heavy atom. The first-order valence-corrected chi connectivity index (χ1v) is 6.86. The standard InChI is InChI=1S/C15H19N5O/c1-10(2)8-12(16)15(21)20-19-9-11-4-3-5-13-14(11)18-7-6-17-13/h3-7,9-10,12H,8,16H2,1-2H3,(H,20,21). The zero-order valence-electron chi connectivity index (χ0n) is 12.2. The van der Waals surface area contributed by atoms with Crippen LogP contribution in [0.25, 0.3) is 11.0 Å². The highest BCUT2D eigenvalue weighted by molar-refractivity contribution is 5.96. The van der Waals surface area contributed by atoms with Gasteiger partial charge in [0, 0.05) is 18.0 Å². The minimum absolute atomic E-state index is 0.286. The largest absolute Gasteiger partial charge is 0.320 e. The maximum absolute atomic E-state index is 11.8. The van der Waals surface area contributed by atoms with Crippen molar-refractivity contribution >= 4 is 23.2 Å². The molecule has 110 valence electrons. The van der Waals surface area contributed by atoms with Crippen LogP contribution < -0.4 is 11.2 Å². The van der Waals surface area contributed by atoms with Gasteiger partial charge in [-0.15, -0.1) is 0 Å². The van der Waals surface area contributed by atoms with E-state index in [1.165, 1.54) is 0 Å². The predicted octanol–water partition coefficient (Wildman–Crippen LogP) is 1.45. The SMILES string of the molecule is CC(C)CC(N)C(=O)NN=Cc1cccc2nccnc12. The van der Waals surface area contributed by atoms with E-state index >= 15 is 0 Å². The van der Waals surface area contributed by atoms with Crippen LogP contribution in [-0.2, 0) is 4.79 Å². The van der Waals surface area contributed by atoms with Gasteiger partial charge in [0.25, 0.3) is 5.91 Å². The Labute approximate surface area is 123 Å². The number of hydrazone groups is 1. The summed E-state index contributed by atoms with van der Waals surface area (Å²) < 4.78 is 0. The quantitative estimate of drug-likeness (QED) is 0.642. The topological polar surface area (TPSA) is 93.3 Å². The summed E-state index contributed by atoms with van der Waals surface area (Å²) >= 11 is 0. The molecule has 2 aromatic rings. The Bertz CT molecular complexity index is 648. The number of fused-ring (bicyclic) bond motifs is 1. The molecule has 0 fully saturated rings. The zero-order chi connectivity index (χ0) is 15.2. The number of amides is 1. The zero-order valence-corrected chi connectivity index (χ0v) is 12.2. The summed E-state index contributed by atoms with van der Waals surface area (Å²) in [5, 5.41) is 3.95. The highest BCUT2D eigenvalue weighted by Crippen LogP contribution is 2.11. The van der Waals surface area contributed by atoms with E-state index in [1.807, 2.05) is 32.0 Å². The lowest BCUT2D eigenvalue weighted by molar-refractivity contribution is -0.122.